The van der Waals surface area contributed by atoms with Gasteiger partial charge in [-0.15, -0.1) is 0 Å². The van der Waals surface area contributed by atoms with Gasteiger partial charge in [-0.1, -0.05) is 6.92 Å². The summed E-state index contributed by atoms with van der Waals surface area (Å²) in [5.74, 6) is -7.59. The van der Waals surface area contributed by atoms with E-state index in [2.05, 4.69) is 21.3 Å². The summed E-state index contributed by atoms with van der Waals surface area (Å²) in [4.78, 5) is 63.8. The summed E-state index contributed by atoms with van der Waals surface area (Å²) in [6.07, 6.45) is -94.8. The number of carbonyl (C=O) groups excluding carboxylic acids is 5. The van der Waals surface area contributed by atoms with Crippen LogP contribution >= 0.6 is 0 Å². The van der Waals surface area contributed by atoms with Gasteiger partial charge in [0.1, 0.15) is 226 Å². The van der Waals surface area contributed by atoms with Crippen LogP contribution in [0.3, 0.4) is 0 Å². The van der Waals surface area contributed by atoms with E-state index in [1.807, 2.05) is 0 Å². The average molecular weight is 1890 g/mol. The molecule has 51 atom stereocenters. The minimum absolute atomic E-state index is 0.259. The second kappa shape index (κ2) is 46.6. The molecule has 10 heterocycles. The minimum atomic E-state index is -2.90. The van der Waals surface area contributed by atoms with Crippen molar-refractivity contribution in [3.8, 4) is 0 Å². The van der Waals surface area contributed by atoms with Gasteiger partial charge in [-0.05, 0) is 6.92 Å². The molecule has 0 radical (unpaired) electrons. The van der Waals surface area contributed by atoms with E-state index in [0.717, 1.165) is 27.7 Å². The lowest BCUT2D eigenvalue weighted by Crippen LogP contribution is -2.71. The normalized spacial score (nSPS) is 48.1. The lowest BCUT2D eigenvalue weighted by atomic mass is 9.87. The minimum Gasteiger partial charge on any atom is -0.410 e. The molecule has 0 spiro atoms. The average Bonchev–Trinajstić information content (AvgIpc) is 0.760. The highest BCUT2D eigenvalue weighted by Gasteiger charge is 2.63. The van der Waals surface area contributed by atoms with Gasteiger partial charge >= 0.3 is 5.97 Å². The molecule has 56 nitrogen and oxygen atoms in total. The number of rotatable bonds is 36. The van der Waals surface area contributed by atoms with Crippen molar-refractivity contribution in [3.05, 3.63) is 0 Å². The molecule has 0 bridgehead atoms. The first-order chi connectivity index (χ1) is 61.0. The lowest BCUT2D eigenvalue weighted by Gasteiger charge is -2.51. The van der Waals surface area contributed by atoms with Crippen LogP contribution in [0.1, 0.15) is 48.0 Å². The van der Waals surface area contributed by atoms with Crippen LogP contribution < -0.4 is 21.3 Å². The topological polar surface area (TPSA) is 864 Å². The molecule has 10 saturated heterocycles. The van der Waals surface area contributed by atoms with Crippen LogP contribution in [0, 0.1) is 5.92 Å². The zero-order valence-corrected chi connectivity index (χ0v) is 70.0. The first kappa shape index (κ1) is 107. The smallest absolute Gasteiger partial charge is 0.332 e. The zero-order valence-electron chi connectivity index (χ0n) is 70.0. The van der Waals surface area contributed by atoms with Crippen molar-refractivity contribution in [3.63, 3.8) is 0 Å². The largest absolute Gasteiger partial charge is 0.410 e. The molecule has 746 valence electrons. The second-order valence-electron chi connectivity index (χ2n) is 32.9. The second-order valence-corrected chi connectivity index (χ2v) is 32.9. The van der Waals surface area contributed by atoms with Crippen LogP contribution in [0.4, 0.5) is 0 Å². The molecule has 10 rings (SSSR count). The van der Waals surface area contributed by atoms with Gasteiger partial charge < -0.3 is 254 Å². The Labute approximate surface area is 732 Å². The fraction of sp³-hybridized carbons (Fsp3) is 0.932. The predicted molar refractivity (Wildman–Crippen MR) is 399 cm³/mol. The molecule has 10 aliphatic heterocycles. The van der Waals surface area contributed by atoms with Gasteiger partial charge in [-0.2, -0.15) is 0 Å². The fourth-order valence-corrected chi connectivity index (χ4v) is 17.0. The van der Waals surface area contributed by atoms with Gasteiger partial charge in [0.15, 0.2) is 50.3 Å². The van der Waals surface area contributed by atoms with Gasteiger partial charge in [0.05, 0.1) is 96.8 Å². The molecule has 0 aromatic carbocycles. The summed E-state index contributed by atoms with van der Waals surface area (Å²) in [5, 5.41) is 313. The highest BCUT2D eigenvalue weighted by atomic mass is 16.9. The van der Waals surface area contributed by atoms with Crippen LogP contribution in [0.25, 0.3) is 0 Å². The van der Waals surface area contributed by atoms with Crippen molar-refractivity contribution in [2.24, 2.45) is 5.92 Å². The summed E-state index contributed by atoms with van der Waals surface area (Å²) < 4.78 is 119. The van der Waals surface area contributed by atoms with Gasteiger partial charge in [0.25, 0.3) is 6.47 Å². The van der Waals surface area contributed by atoms with Crippen LogP contribution in [0.5, 0.6) is 0 Å². The maximum Gasteiger partial charge on any atom is 0.332 e. The van der Waals surface area contributed by atoms with E-state index in [1.54, 1.807) is 0 Å². The monoisotopic (exact) mass is 1890 g/mol. The number of aliphatic hydroxyl groups excluding tert-OH is 27. The Morgan fingerprint density at radius 1 is 0.349 bits per heavy atom. The Bertz CT molecular complexity index is 3520. The molecule has 129 heavy (non-hydrogen) atoms. The van der Waals surface area contributed by atoms with Gasteiger partial charge in [-0.3, -0.25) is 24.0 Å². The first-order valence-electron chi connectivity index (χ1n) is 41.4. The molecular formula is C73H122N4O52. The van der Waals surface area contributed by atoms with E-state index >= 15 is 0 Å². The lowest BCUT2D eigenvalue weighted by molar-refractivity contribution is -0.448. The Balaban J connectivity index is 0.973. The number of hydrogen-bond donors (Lipinski definition) is 31. The number of ether oxygens (including phenoxy) is 20. The van der Waals surface area contributed by atoms with E-state index in [9.17, 15) is 162 Å². The molecule has 4 amide bonds. The maximum atomic E-state index is 13.3. The summed E-state index contributed by atoms with van der Waals surface area (Å²) in [6, 6.07) is -7.17. The van der Waals surface area contributed by atoms with Gasteiger partial charge in [0, 0.05) is 33.6 Å². The zero-order chi connectivity index (χ0) is 95.1. The SMILES string of the molecule is CC(=O)NC1C(O)[C@H](O[C@@H]2OC(CO)[C@H](O)[C@H](O)C2O)[C@H](CO)O[C@H]1OC1[C@@H](OCC2O[C@@H](O[C@@H]3C(CO)O[C@@H](O[C@@H]4C(CO)O[C@@H](C)C(NC(C)=O)[C@H]4O)C(NC(C)=O)[C@H]3O)C(O)[C@@H](O[C@H]3OC(CO)[C@@H](O)C(O)C3O[C@@H]3OC(CO)[C@@H](O[C@@H]4OC(CO)[C@H](O)[C@H](O[C@]5(OC=O)C[C@@H](O)[C@@H](C)C([C@@H](O)[C@H](O)CO)O5)C4O)[C@H](O)C3NC(C)=O)[C@@H]2O)OC(CO)[C@@H](O)[C@@H]1O. The van der Waals surface area contributed by atoms with Crippen molar-refractivity contribution in [2.45, 2.75) is 354 Å². The van der Waals surface area contributed by atoms with E-state index in [1.165, 1.54) is 13.8 Å². The maximum absolute atomic E-state index is 13.3. The summed E-state index contributed by atoms with van der Waals surface area (Å²) in [5.41, 5.74) is 0. The van der Waals surface area contributed by atoms with E-state index in [4.69, 9.17) is 94.7 Å². The van der Waals surface area contributed by atoms with Crippen molar-refractivity contribution in [1.29, 1.82) is 0 Å². The Kier molecular flexibility index (Phi) is 38.5. The van der Waals surface area contributed by atoms with E-state index in [-0.39, 0.29) is 6.47 Å². The predicted octanol–water partition coefficient (Wildman–Crippen LogP) is -20.6. The van der Waals surface area contributed by atoms with Crippen LogP contribution in [0.15, 0.2) is 0 Å². The first-order valence-corrected chi connectivity index (χ1v) is 41.4. The number of hydrogen-bond acceptors (Lipinski definition) is 52. The molecule has 20 unspecified atom stereocenters. The summed E-state index contributed by atoms with van der Waals surface area (Å²) in [7, 11) is 0. The highest BCUT2D eigenvalue weighted by molar-refractivity contribution is 5.74. The Morgan fingerprint density at radius 2 is 0.667 bits per heavy atom. The molecule has 31 N–H and O–H groups in total. The van der Waals surface area contributed by atoms with Crippen molar-refractivity contribution in [1.82, 2.24) is 21.3 Å². The quantitative estimate of drug-likeness (QED) is 0.0205. The fourth-order valence-electron chi connectivity index (χ4n) is 17.0. The molecule has 56 heteroatoms. The van der Waals surface area contributed by atoms with Crippen LogP contribution in [0.2, 0.25) is 0 Å². The number of nitrogens with one attached hydrogen (secondary N) is 4. The molecule has 0 aromatic rings. The van der Waals surface area contributed by atoms with Crippen molar-refractivity contribution >= 4 is 30.1 Å². The number of carbonyl (C=O) groups is 5. The van der Waals surface area contributed by atoms with Crippen LogP contribution in [-0.4, -0.2) is 540 Å². The summed E-state index contributed by atoms with van der Waals surface area (Å²) in [6.45, 7) is -4.84. The van der Waals surface area contributed by atoms with Gasteiger partial charge in [-0.25, -0.2) is 0 Å². The Morgan fingerprint density at radius 3 is 1.08 bits per heavy atom. The van der Waals surface area contributed by atoms with E-state index in [0.29, 0.717) is 0 Å². The third-order valence-corrected chi connectivity index (χ3v) is 24.0. The van der Waals surface area contributed by atoms with Crippen LogP contribution in [-0.2, 0) is 119 Å². The number of aliphatic hydroxyl groups is 27. The molecule has 0 saturated carbocycles. The Hall–Kier alpha value is -4.49. The highest BCUT2D eigenvalue weighted by Crippen LogP contribution is 2.44. The summed E-state index contributed by atoms with van der Waals surface area (Å²) >= 11 is 0. The number of amides is 4. The standard InChI is InChI=1S/C73H122N4O52/c1-19-25(92)7-73(111-18-87,128-56(19)40(94)26(93)8-78)129-62-44(98)30(12-82)114-70(55(62)109)124-60-34(16-86)119-67(39(49(60)103)77-24(6)91)127-64-52(106)43(97)29(11-81)116-72(64)125-61-45(99)35(120-69(54(61)108)123-59-33(15-85)117-65(37(47(59)101)75-22(4)89)121-57-31(13-83)112-20(2)36(46(57)100)74-21(3)88)17-110-71-63(51(105)42(96)28(10-80)115-71)126-66-38(76-23(5)90)48(102)58(32(14-84)118-66)122-68-53(107)50(104)41(95)27(9-79)113-68/h18-20,25-72,78-86,92-109H,7-17H2,1-6H3,(H,74,88)(H,75,89)(H,76,90)(H,77,91)/t19-,20+,25-,26-,27?,28?,29?,30?,31?,32+,33?,34?,35?,36?,37?,38?,39?,40+,41+,42-,43-,44+,45-,46-,47-,48?,49-,50+,51+,52?,53?,54?,55?,56?,57-,58-,59-,60-,61+,62+,63?,64?,65+,66+,67+,68+,69+,70+,71+,72-,73+/m1/s1. The van der Waals surface area contributed by atoms with Gasteiger partial charge in [0.2, 0.25) is 23.6 Å². The van der Waals surface area contributed by atoms with Crippen molar-refractivity contribution in [2.75, 3.05) is 66.1 Å². The molecule has 0 aliphatic carbocycles. The molecule has 10 fully saturated rings. The van der Waals surface area contributed by atoms with Crippen molar-refractivity contribution < 1.29 is 257 Å². The molecule has 0 aromatic heterocycles. The third kappa shape index (κ3) is 23.7. The molecule has 10 aliphatic rings. The third-order valence-electron chi connectivity index (χ3n) is 24.0. The van der Waals surface area contributed by atoms with E-state index < -0.39 is 408 Å². The molecular weight excluding hydrogens is 1760 g/mol.